The molecule has 0 saturated carbocycles. The summed E-state index contributed by atoms with van der Waals surface area (Å²) in [6.07, 6.45) is 19.6. The van der Waals surface area contributed by atoms with Crippen LogP contribution in [0.4, 0.5) is 0 Å². The Morgan fingerprint density at radius 1 is 0.630 bits per heavy atom. The standard InChI is InChI=1S/C22H46O4S/c1-3-4-15-19-22(27(24,25)26)20-17-14-12-10-8-6-5-7-9-11-13-16-18-21(2)23/h21-23H,3-20H2,1-2H3,(H,24,25,26). The Labute approximate surface area is 169 Å². The molecule has 0 bridgehead atoms. The zero-order valence-corrected chi connectivity index (χ0v) is 18.8. The topological polar surface area (TPSA) is 74.6 Å². The number of aliphatic hydroxyl groups excluding tert-OH is 1. The van der Waals surface area contributed by atoms with Gasteiger partial charge in [0.2, 0.25) is 0 Å². The Bertz CT molecular complexity index is 407. The van der Waals surface area contributed by atoms with E-state index in [1.54, 1.807) is 0 Å². The highest BCUT2D eigenvalue weighted by molar-refractivity contribution is 7.86. The third-order valence-electron chi connectivity index (χ3n) is 5.45. The lowest BCUT2D eigenvalue weighted by atomic mass is 10.0. The fourth-order valence-electron chi connectivity index (χ4n) is 3.64. The highest BCUT2D eigenvalue weighted by atomic mass is 32.2. The largest absolute Gasteiger partial charge is 0.393 e. The predicted octanol–water partition coefficient (Wildman–Crippen LogP) is 6.67. The number of unbranched alkanes of at least 4 members (excludes halogenated alkanes) is 13. The van der Waals surface area contributed by atoms with Crippen molar-refractivity contribution in [2.24, 2.45) is 0 Å². The van der Waals surface area contributed by atoms with E-state index in [9.17, 15) is 18.1 Å². The van der Waals surface area contributed by atoms with Gasteiger partial charge in [-0.25, -0.2) is 0 Å². The molecule has 0 radical (unpaired) electrons. The number of rotatable bonds is 20. The molecule has 0 aliphatic heterocycles. The van der Waals surface area contributed by atoms with E-state index in [0.717, 1.165) is 44.9 Å². The molecule has 27 heavy (non-hydrogen) atoms. The maximum Gasteiger partial charge on any atom is 0.267 e. The summed E-state index contributed by atoms with van der Waals surface area (Å²) in [7, 11) is -3.88. The molecule has 2 unspecified atom stereocenters. The molecule has 0 aromatic heterocycles. The van der Waals surface area contributed by atoms with Crippen LogP contribution in [0.2, 0.25) is 0 Å². The Balaban J connectivity index is 3.44. The highest BCUT2D eigenvalue weighted by Crippen LogP contribution is 2.19. The fourth-order valence-corrected chi connectivity index (χ4v) is 4.57. The zero-order chi connectivity index (χ0) is 20.4. The lowest BCUT2D eigenvalue weighted by Gasteiger charge is -2.13. The molecular weight excluding hydrogens is 360 g/mol. The van der Waals surface area contributed by atoms with Crippen molar-refractivity contribution in [1.29, 1.82) is 0 Å². The van der Waals surface area contributed by atoms with Crippen molar-refractivity contribution in [3.63, 3.8) is 0 Å². The van der Waals surface area contributed by atoms with Crippen LogP contribution in [0.5, 0.6) is 0 Å². The molecule has 2 N–H and O–H groups in total. The molecule has 0 fully saturated rings. The molecule has 2 atom stereocenters. The van der Waals surface area contributed by atoms with Crippen LogP contribution in [0, 0.1) is 0 Å². The lowest BCUT2D eigenvalue weighted by molar-refractivity contribution is 0.180. The summed E-state index contributed by atoms with van der Waals surface area (Å²) in [4.78, 5) is 0. The minimum Gasteiger partial charge on any atom is -0.393 e. The molecule has 0 heterocycles. The van der Waals surface area contributed by atoms with Gasteiger partial charge in [-0.2, -0.15) is 8.42 Å². The van der Waals surface area contributed by atoms with Crippen molar-refractivity contribution in [3.8, 4) is 0 Å². The minimum atomic E-state index is -3.88. The van der Waals surface area contributed by atoms with E-state index in [2.05, 4.69) is 6.92 Å². The molecular formula is C22H46O4S. The number of hydrogen-bond acceptors (Lipinski definition) is 3. The van der Waals surface area contributed by atoms with Gasteiger partial charge in [0.05, 0.1) is 11.4 Å². The molecule has 0 aliphatic carbocycles. The molecule has 0 spiro atoms. The van der Waals surface area contributed by atoms with Crippen molar-refractivity contribution in [2.75, 3.05) is 0 Å². The van der Waals surface area contributed by atoms with Gasteiger partial charge < -0.3 is 5.11 Å². The molecule has 0 aliphatic rings. The first-order valence-electron chi connectivity index (χ1n) is 11.5. The lowest BCUT2D eigenvalue weighted by Crippen LogP contribution is -2.20. The normalized spacial score (nSPS) is 14.4. The molecule has 5 heteroatoms. The van der Waals surface area contributed by atoms with Gasteiger partial charge in [0, 0.05) is 0 Å². The summed E-state index contributed by atoms with van der Waals surface area (Å²) >= 11 is 0. The SMILES string of the molecule is CCCCCC(CCCCCCCCCCCCCCC(C)O)S(=O)(=O)O. The maximum atomic E-state index is 11.4. The van der Waals surface area contributed by atoms with Crippen molar-refractivity contribution < 1.29 is 18.1 Å². The smallest absolute Gasteiger partial charge is 0.267 e. The fraction of sp³-hybridized carbons (Fsp3) is 1.00. The van der Waals surface area contributed by atoms with Crippen LogP contribution < -0.4 is 0 Å². The molecule has 0 aromatic carbocycles. The van der Waals surface area contributed by atoms with E-state index in [1.807, 2.05) is 6.92 Å². The molecule has 0 aromatic rings. The minimum absolute atomic E-state index is 0.148. The maximum absolute atomic E-state index is 11.4. The second-order valence-electron chi connectivity index (χ2n) is 8.30. The van der Waals surface area contributed by atoms with E-state index >= 15 is 0 Å². The van der Waals surface area contributed by atoms with Crippen LogP contribution in [-0.2, 0) is 10.1 Å². The van der Waals surface area contributed by atoms with Crippen molar-refractivity contribution in [2.45, 2.75) is 141 Å². The van der Waals surface area contributed by atoms with Gasteiger partial charge in [-0.3, -0.25) is 4.55 Å². The first-order valence-corrected chi connectivity index (χ1v) is 13.0. The van der Waals surface area contributed by atoms with E-state index in [1.165, 1.54) is 57.8 Å². The van der Waals surface area contributed by atoms with Crippen molar-refractivity contribution >= 4 is 10.1 Å². The van der Waals surface area contributed by atoms with Gasteiger partial charge >= 0.3 is 0 Å². The van der Waals surface area contributed by atoms with Crippen LogP contribution in [0.15, 0.2) is 0 Å². The summed E-state index contributed by atoms with van der Waals surface area (Å²) in [5.41, 5.74) is 0. The Morgan fingerprint density at radius 3 is 1.30 bits per heavy atom. The van der Waals surface area contributed by atoms with Crippen LogP contribution in [0.25, 0.3) is 0 Å². The summed E-state index contributed by atoms with van der Waals surface area (Å²) < 4.78 is 32.3. The second-order valence-corrected chi connectivity index (χ2v) is 10.00. The van der Waals surface area contributed by atoms with Gasteiger partial charge in [0.25, 0.3) is 10.1 Å². The number of hydrogen-bond donors (Lipinski definition) is 2. The summed E-state index contributed by atoms with van der Waals surface area (Å²) in [5, 5.41) is 8.65. The average molecular weight is 407 g/mol. The van der Waals surface area contributed by atoms with Gasteiger partial charge in [0.15, 0.2) is 0 Å². The molecule has 0 amide bonds. The quantitative estimate of drug-likeness (QED) is 0.175. The molecule has 164 valence electrons. The molecule has 4 nitrogen and oxygen atoms in total. The third-order valence-corrected chi connectivity index (χ3v) is 6.76. The monoisotopic (exact) mass is 406 g/mol. The second kappa shape index (κ2) is 17.9. The van der Waals surface area contributed by atoms with E-state index < -0.39 is 15.4 Å². The van der Waals surface area contributed by atoms with Gasteiger partial charge in [-0.15, -0.1) is 0 Å². The first-order chi connectivity index (χ1) is 12.9. The van der Waals surface area contributed by atoms with Crippen LogP contribution in [0.1, 0.15) is 129 Å². The number of aliphatic hydroxyl groups is 1. The third kappa shape index (κ3) is 19.0. The molecule has 0 saturated heterocycles. The summed E-state index contributed by atoms with van der Waals surface area (Å²) in [6.45, 7) is 3.96. The zero-order valence-electron chi connectivity index (χ0n) is 18.0. The molecule has 0 rings (SSSR count). The van der Waals surface area contributed by atoms with Crippen molar-refractivity contribution in [3.05, 3.63) is 0 Å². The average Bonchev–Trinajstić information content (AvgIpc) is 2.59. The van der Waals surface area contributed by atoms with Crippen LogP contribution >= 0.6 is 0 Å². The van der Waals surface area contributed by atoms with E-state index in [0.29, 0.717) is 12.8 Å². The van der Waals surface area contributed by atoms with Crippen LogP contribution in [0.3, 0.4) is 0 Å². The highest BCUT2D eigenvalue weighted by Gasteiger charge is 2.21. The van der Waals surface area contributed by atoms with Gasteiger partial charge in [0.1, 0.15) is 0 Å². The first kappa shape index (κ1) is 26.9. The van der Waals surface area contributed by atoms with Gasteiger partial charge in [-0.05, 0) is 26.2 Å². The summed E-state index contributed by atoms with van der Waals surface area (Å²) in [6, 6.07) is 0. The Hall–Kier alpha value is -0.130. The van der Waals surface area contributed by atoms with Crippen molar-refractivity contribution in [1.82, 2.24) is 0 Å². The summed E-state index contributed by atoms with van der Waals surface area (Å²) in [5.74, 6) is 0. The van der Waals surface area contributed by atoms with E-state index in [-0.39, 0.29) is 6.10 Å². The van der Waals surface area contributed by atoms with E-state index in [4.69, 9.17) is 0 Å². The van der Waals surface area contributed by atoms with Crippen LogP contribution in [-0.4, -0.2) is 29.4 Å². The predicted molar refractivity (Wildman–Crippen MR) is 116 cm³/mol. The Morgan fingerprint density at radius 2 is 0.963 bits per heavy atom. The Kier molecular flexibility index (Phi) is 17.8. The van der Waals surface area contributed by atoms with Gasteiger partial charge in [-0.1, -0.05) is 103 Å².